The summed E-state index contributed by atoms with van der Waals surface area (Å²) in [5.74, 6) is 0. The molecule has 3 aliphatic carbocycles. The minimum Gasteiger partial charge on any atom is -0.431 e. The molecule has 0 saturated heterocycles. The van der Waals surface area contributed by atoms with Crippen molar-refractivity contribution in [2.45, 2.75) is 120 Å². The van der Waals surface area contributed by atoms with Crippen molar-refractivity contribution < 1.29 is 47.1 Å². The van der Waals surface area contributed by atoms with Gasteiger partial charge in [-0.2, -0.15) is 0 Å². The predicted octanol–water partition coefficient (Wildman–Crippen LogP) is 4.27. The molecule has 0 spiro atoms. The third-order valence-corrected chi connectivity index (χ3v) is 12.4. The average Bonchev–Trinajstić information content (AvgIpc) is 2.64. The molecular weight excluding hydrogens is 424 g/mol. The summed E-state index contributed by atoms with van der Waals surface area (Å²) in [4.78, 5) is 12.0. The predicted molar refractivity (Wildman–Crippen MR) is 108 cm³/mol. The SMILES string of the molecule is CCO.O.O.O[Si](C1CCCCC1)(C1CCCCC1)C1CCCCC1.[Zr]. The molecule has 4 nitrogen and oxygen atoms in total. The van der Waals surface area contributed by atoms with E-state index < -0.39 is 8.32 Å². The first-order chi connectivity index (χ1) is 11.2. The molecule has 0 aromatic rings. The van der Waals surface area contributed by atoms with E-state index in [2.05, 4.69) is 0 Å². The van der Waals surface area contributed by atoms with Gasteiger partial charge in [0, 0.05) is 32.8 Å². The topological polar surface area (TPSA) is 103 Å². The van der Waals surface area contributed by atoms with Gasteiger partial charge in [0.15, 0.2) is 8.32 Å². The third-order valence-electron chi connectivity index (χ3n) is 6.78. The number of rotatable bonds is 3. The summed E-state index contributed by atoms with van der Waals surface area (Å²) >= 11 is 0. The molecule has 0 radical (unpaired) electrons. The van der Waals surface area contributed by atoms with Crippen LogP contribution in [-0.4, -0.2) is 35.8 Å². The van der Waals surface area contributed by atoms with Gasteiger partial charge >= 0.3 is 0 Å². The van der Waals surface area contributed by atoms with Crippen molar-refractivity contribution in [1.82, 2.24) is 0 Å². The van der Waals surface area contributed by atoms with Crippen LogP contribution in [0.3, 0.4) is 0 Å². The van der Waals surface area contributed by atoms with Crippen LogP contribution < -0.4 is 0 Å². The first-order valence-corrected chi connectivity index (χ1v) is 12.7. The first-order valence-electron chi connectivity index (χ1n) is 10.6. The zero-order valence-electron chi connectivity index (χ0n) is 16.9. The van der Waals surface area contributed by atoms with Crippen LogP contribution in [0.5, 0.6) is 0 Å². The molecule has 0 bridgehead atoms. The summed E-state index contributed by atoms with van der Waals surface area (Å²) in [7, 11) is -2.05. The maximum Gasteiger partial charge on any atom is 0.197 e. The quantitative estimate of drug-likeness (QED) is 0.605. The van der Waals surface area contributed by atoms with Crippen molar-refractivity contribution in [2.75, 3.05) is 6.61 Å². The molecule has 3 aliphatic rings. The van der Waals surface area contributed by atoms with Crippen molar-refractivity contribution in [3.05, 3.63) is 0 Å². The Labute approximate surface area is 181 Å². The maximum atomic E-state index is 12.0. The van der Waals surface area contributed by atoms with Crippen LogP contribution >= 0.6 is 0 Å². The van der Waals surface area contributed by atoms with Crippen LogP contribution in [0.2, 0.25) is 16.6 Å². The number of hydrogen-bond acceptors (Lipinski definition) is 2. The molecule has 26 heavy (non-hydrogen) atoms. The van der Waals surface area contributed by atoms with Gasteiger partial charge in [0.2, 0.25) is 0 Å². The Morgan fingerprint density at radius 1 is 0.615 bits per heavy atom. The van der Waals surface area contributed by atoms with Crippen LogP contribution in [0.15, 0.2) is 0 Å². The van der Waals surface area contributed by atoms with Gasteiger partial charge < -0.3 is 20.9 Å². The number of aliphatic hydroxyl groups excluding tert-OH is 1. The summed E-state index contributed by atoms with van der Waals surface area (Å²) < 4.78 is 0. The largest absolute Gasteiger partial charge is 0.431 e. The molecule has 3 saturated carbocycles. The molecule has 3 fully saturated rings. The van der Waals surface area contributed by atoms with Gasteiger partial charge in [0.25, 0.3) is 0 Å². The Morgan fingerprint density at radius 3 is 1.00 bits per heavy atom. The van der Waals surface area contributed by atoms with Gasteiger partial charge in [0.05, 0.1) is 0 Å². The first kappa shape index (κ1) is 29.1. The Kier molecular flexibility index (Phi) is 17.7. The molecule has 0 unspecified atom stereocenters. The van der Waals surface area contributed by atoms with Crippen LogP contribution in [0.25, 0.3) is 0 Å². The second kappa shape index (κ2) is 15.8. The molecular formula is C20H44O4SiZr. The molecule has 156 valence electrons. The van der Waals surface area contributed by atoms with Gasteiger partial charge in [-0.3, -0.25) is 0 Å². The number of aliphatic hydroxyl groups is 1. The standard InChI is InChI=1S/C18H34OSi.C2H6O.2H2O.Zr/c19-20(16-10-4-1-5-11-16,17-12-6-2-7-13-17)18-14-8-3-9-15-18;1-2-3;;;/h16-19H,1-15H2;3H,2H2,1H3;2*1H2;. The molecule has 0 heterocycles. The van der Waals surface area contributed by atoms with Crippen LogP contribution in [-0.2, 0) is 26.2 Å². The second-order valence-corrected chi connectivity index (χ2v) is 12.4. The van der Waals surface area contributed by atoms with E-state index in [-0.39, 0.29) is 43.8 Å². The van der Waals surface area contributed by atoms with E-state index in [0.29, 0.717) is 0 Å². The van der Waals surface area contributed by atoms with Gasteiger partial charge in [-0.1, -0.05) is 96.3 Å². The summed E-state index contributed by atoms with van der Waals surface area (Å²) in [6.07, 6.45) is 20.9. The number of hydrogen-bond donors (Lipinski definition) is 2. The molecule has 6 heteroatoms. The van der Waals surface area contributed by atoms with E-state index in [0.717, 1.165) is 16.6 Å². The summed E-state index contributed by atoms with van der Waals surface area (Å²) in [5.41, 5.74) is 2.30. The van der Waals surface area contributed by atoms with Crippen molar-refractivity contribution >= 4 is 8.32 Å². The molecule has 0 aromatic heterocycles. The van der Waals surface area contributed by atoms with E-state index >= 15 is 0 Å². The van der Waals surface area contributed by atoms with E-state index in [1.54, 1.807) is 6.92 Å². The molecule has 0 aliphatic heterocycles. The van der Waals surface area contributed by atoms with E-state index in [4.69, 9.17) is 5.11 Å². The summed E-state index contributed by atoms with van der Waals surface area (Å²) in [6.45, 7) is 1.93. The van der Waals surface area contributed by atoms with Gasteiger partial charge in [-0.25, -0.2) is 0 Å². The Bertz CT molecular complexity index is 269. The van der Waals surface area contributed by atoms with Crippen molar-refractivity contribution in [1.29, 1.82) is 0 Å². The fraction of sp³-hybridized carbons (Fsp3) is 1.00. The Morgan fingerprint density at radius 2 is 0.808 bits per heavy atom. The molecule has 0 amide bonds. The van der Waals surface area contributed by atoms with Crippen LogP contribution in [0.4, 0.5) is 0 Å². The van der Waals surface area contributed by atoms with Crippen molar-refractivity contribution in [2.24, 2.45) is 0 Å². The van der Waals surface area contributed by atoms with Crippen molar-refractivity contribution in [3.8, 4) is 0 Å². The zero-order valence-corrected chi connectivity index (χ0v) is 20.4. The average molecular weight is 468 g/mol. The normalized spacial score (nSPS) is 22.7. The zero-order chi connectivity index (χ0) is 16.5. The van der Waals surface area contributed by atoms with Gasteiger partial charge in [-0.05, 0) is 23.5 Å². The molecule has 0 aromatic carbocycles. The second-order valence-electron chi connectivity index (χ2n) is 8.21. The van der Waals surface area contributed by atoms with Crippen LogP contribution in [0, 0.1) is 0 Å². The Hall–Kier alpha value is 0.940. The van der Waals surface area contributed by atoms with Crippen molar-refractivity contribution in [3.63, 3.8) is 0 Å². The monoisotopic (exact) mass is 466 g/mol. The molecule has 6 N–H and O–H groups in total. The molecule has 0 atom stereocenters. The summed E-state index contributed by atoms with van der Waals surface area (Å²) in [6, 6.07) is 0. The van der Waals surface area contributed by atoms with Gasteiger partial charge in [-0.15, -0.1) is 0 Å². The third kappa shape index (κ3) is 7.75. The smallest absolute Gasteiger partial charge is 0.197 e. The maximum absolute atomic E-state index is 12.0. The van der Waals surface area contributed by atoms with E-state index in [1.165, 1.54) is 96.3 Å². The Balaban J connectivity index is 0. The van der Waals surface area contributed by atoms with Crippen LogP contribution in [0.1, 0.15) is 103 Å². The fourth-order valence-electron chi connectivity index (χ4n) is 5.70. The van der Waals surface area contributed by atoms with E-state index in [1.807, 2.05) is 0 Å². The minimum absolute atomic E-state index is 0. The fourth-order valence-corrected chi connectivity index (χ4v) is 11.7. The molecule has 3 rings (SSSR count). The van der Waals surface area contributed by atoms with E-state index in [9.17, 15) is 4.80 Å². The minimum atomic E-state index is -2.05. The van der Waals surface area contributed by atoms with Gasteiger partial charge in [0.1, 0.15) is 0 Å². The summed E-state index contributed by atoms with van der Waals surface area (Å²) in [5, 5.41) is 7.57.